The Labute approximate surface area is 186 Å². The van der Waals surface area contributed by atoms with E-state index < -0.39 is 17.6 Å². The number of ether oxygens (including phenoxy) is 1. The number of rotatable bonds is 6. The Bertz CT molecular complexity index is 1260. The standard InChI is InChI=1S/C21H15Cl2FN4O3/c1-10-4-16(20(26)29)28(18(10)21(27)30)9-12-2-3-15(23)19(17(12)24)31-14-6-11(8-25)5-13(22)7-14/h2-7H,9H2,1H3,(H2,26,29)(H2,27,30). The van der Waals surface area contributed by atoms with Gasteiger partial charge >= 0.3 is 0 Å². The van der Waals surface area contributed by atoms with Gasteiger partial charge in [0.15, 0.2) is 11.6 Å². The van der Waals surface area contributed by atoms with Crippen LogP contribution in [-0.4, -0.2) is 16.4 Å². The van der Waals surface area contributed by atoms with Crippen LogP contribution in [0.3, 0.4) is 0 Å². The van der Waals surface area contributed by atoms with Crippen molar-refractivity contribution in [2.24, 2.45) is 11.5 Å². The molecule has 0 aliphatic rings. The van der Waals surface area contributed by atoms with Gasteiger partial charge in [0.25, 0.3) is 11.8 Å². The monoisotopic (exact) mass is 460 g/mol. The van der Waals surface area contributed by atoms with Crippen molar-refractivity contribution in [3.63, 3.8) is 0 Å². The molecule has 2 aromatic carbocycles. The molecule has 0 aliphatic carbocycles. The van der Waals surface area contributed by atoms with Gasteiger partial charge in [-0.1, -0.05) is 29.3 Å². The van der Waals surface area contributed by atoms with Gasteiger partial charge in [0.2, 0.25) is 0 Å². The van der Waals surface area contributed by atoms with Crippen LogP contribution in [0, 0.1) is 24.1 Å². The number of aryl methyl sites for hydroxylation is 1. The lowest BCUT2D eigenvalue weighted by molar-refractivity contribution is 0.0986. The molecule has 0 spiro atoms. The van der Waals surface area contributed by atoms with Crippen LogP contribution >= 0.6 is 23.2 Å². The summed E-state index contributed by atoms with van der Waals surface area (Å²) in [5.74, 6) is -2.63. The summed E-state index contributed by atoms with van der Waals surface area (Å²) in [7, 11) is 0. The van der Waals surface area contributed by atoms with Crippen LogP contribution in [0.5, 0.6) is 11.5 Å². The van der Waals surface area contributed by atoms with Crippen LogP contribution in [0.15, 0.2) is 36.4 Å². The van der Waals surface area contributed by atoms with Gasteiger partial charge in [0.05, 0.1) is 23.2 Å². The van der Waals surface area contributed by atoms with Gasteiger partial charge in [0, 0.05) is 10.6 Å². The van der Waals surface area contributed by atoms with Gasteiger partial charge in [-0.25, -0.2) is 4.39 Å². The highest BCUT2D eigenvalue weighted by Crippen LogP contribution is 2.35. The largest absolute Gasteiger partial charge is 0.453 e. The lowest BCUT2D eigenvalue weighted by Crippen LogP contribution is -2.23. The zero-order valence-electron chi connectivity index (χ0n) is 16.1. The number of hydrogen-bond donors (Lipinski definition) is 2. The molecule has 0 fully saturated rings. The van der Waals surface area contributed by atoms with Crippen LogP contribution in [-0.2, 0) is 6.54 Å². The molecule has 0 aliphatic heterocycles. The molecule has 0 atom stereocenters. The summed E-state index contributed by atoms with van der Waals surface area (Å²) in [5.41, 5.74) is 11.5. The molecule has 2 amide bonds. The van der Waals surface area contributed by atoms with E-state index in [1.807, 2.05) is 6.07 Å². The lowest BCUT2D eigenvalue weighted by Gasteiger charge is -2.15. The van der Waals surface area contributed by atoms with E-state index in [9.17, 15) is 9.59 Å². The Hall–Kier alpha value is -3.54. The summed E-state index contributed by atoms with van der Waals surface area (Å²) >= 11 is 12.1. The first kappa shape index (κ1) is 22.2. The topological polar surface area (TPSA) is 124 Å². The zero-order valence-corrected chi connectivity index (χ0v) is 17.6. The van der Waals surface area contributed by atoms with E-state index in [2.05, 4.69) is 0 Å². The number of nitrogens with zero attached hydrogens (tertiary/aromatic N) is 2. The molecule has 3 rings (SSSR count). The molecule has 3 aromatic rings. The summed E-state index contributed by atoms with van der Waals surface area (Å²) < 4.78 is 22.1. The Morgan fingerprint density at radius 1 is 1.16 bits per heavy atom. The van der Waals surface area contributed by atoms with Crippen molar-refractivity contribution in [1.82, 2.24) is 4.57 Å². The molecule has 1 heterocycles. The number of aromatic nitrogens is 1. The molecular weight excluding hydrogens is 446 g/mol. The molecule has 4 N–H and O–H groups in total. The fourth-order valence-electron chi connectivity index (χ4n) is 3.14. The first-order valence-corrected chi connectivity index (χ1v) is 9.53. The Balaban J connectivity index is 2.07. The summed E-state index contributed by atoms with van der Waals surface area (Å²) in [6, 6.07) is 10.3. The number of carbonyl (C=O) groups is 2. The highest BCUT2D eigenvalue weighted by atomic mass is 35.5. The van der Waals surface area contributed by atoms with Gasteiger partial charge in [-0.2, -0.15) is 5.26 Å². The molecule has 7 nitrogen and oxygen atoms in total. The number of amides is 2. The maximum Gasteiger partial charge on any atom is 0.265 e. The molecule has 0 radical (unpaired) electrons. The molecular formula is C21H15Cl2FN4O3. The van der Waals surface area contributed by atoms with Gasteiger partial charge in [-0.15, -0.1) is 0 Å². The Morgan fingerprint density at radius 2 is 1.87 bits per heavy atom. The summed E-state index contributed by atoms with van der Waals surface area (Å²) in [5, 5.41) is 9.26. The van der Waals surface area contributed by atoms with Crippen molar-refractivity contribution in [3.8, 4) is 17.6 Å². The highest BCUT2D eigenvalue weighted by molar-refractivity contribution is 6.32. The van der Waals surface area contributed by atoms with Gasteiger partial charge in [-0.3, -0.25) is 9.59 Å². The predicted molar refractivity (Wildman–Crippen MR) is 113 cm³/mol. The number of nitrogens with two attached hydrogens (primary N) is 2. The Kier molecular flexibility index (Phi) is 6.20. The van der Waals surface area contributed by atoms with Crippen LogP contribution in [0.1, 0.15) is 37.7 Å². The maximum absolute atomic E-state index is 15.3. The number of carbonyl (C=O) groups excluding carboxylic acids is 2. The van der Waals surface area contributed by atoms with Crippen molar-refractivity contribution in [1.29, 1.82) is 5.26 Å². The summed E-state index contributed by atoms with van der Waals surface area (Å²) in [6.07, 6.45) is 0. The predicted octanol–water partition coefficient (Wildman–Crippen LogP) is 4.15. The number of primary amides is 2. The van der Waals surface area contributed by atoms with E-state index in [1.54, 1.807) is 6.92 Å². The average Bonchev–Trinajstić information content (AvgIpc) is 3.03. The fourth-order valence-corrected chi connectivity index (χ4v) is 3.55. The van der Waals surface area contributed by atoms with Gasteiger partial charge in [-0.05, 0) is 42.8 Å². The van der Waals surface area contributed by atoms with E-state index in [0.29, 0.717) is 5.56 Å². The van der Waals surface area contributed by atoms with Crippen LogP contribution in [0.2, 0.25) is 10.0 Å². The van der Waals surface area contributed by atoms with E-state index in [0.717, 1.165) is 0 Å². The Morgan fingerprint density at radius 3 is 2.48 bits per heavy atom. The van der Waals surface area contributed by atoms with E-state index in [1.165, 1.54) is 41.0 Å². The third-order valence-electron chi connectivity index (χ3n) is 4.45. The van der Waals surface area contributed by atoms with E-state index in [-0.39, 0.29) is 50.6 Å². The zero-order chi connectivity index (χ0) is 22.9. The van der Waals surface area contributed by atoms with Crippen molar-refractivity contribution in [2.75, 3.05) is 0 Å². The van der Waals surface area contributed by atoms with Crippen molar-refractivity contribution in [3.05, 3.63) is 80.3 Å². The van der Waals surface area contributed by atoms with Crippen molar-refractivity contribution in [2.45, 2.75) is 13.5 Å². The van der Waals surface area contributed by atoms with E-state index in [4.69, 9.17) is 44.7 Å². The molecule has 0 bridgehead atoms. The smallest absolute Gasteiger partial charge is 0.265 e. The SMILES string of the molecule is Cc1cc(C(N)=O)n(Cc2ccc(Cl)c(Oc3cc(Cl)cc(C#N)c3)c2F)c1C(N)=O. The van der Waals surface area contributed by atoms with Crippen LogP contribution in [0.25, 0.3) is 0 Å². The van der Waals surface area contributed by atoms with Gasteiger partial charge < -0.3 is 20.8 Å². The minimum absolute atomic E-state index is 0.00313. The van der Waals surface area contributed by atoms with E-state index >= 15 is 4.39 Å². The maximum atomic E-state index is 15.3. The third kappa shape index (κ3) is 4.48. The quantitative estimate of drug-likeness (QED) is 0.572. The molecule has 10 heteroatoms. The fraction of sp³-hybridized carbons (Fsp3) is 0.0952. The highest BCUT2D eigenvalue weighted by Gasteiger charge is 2.23. The molecule has 0 saturated carbocycles. The minimum atomic E-state index is -0.830. The molecule has 0 unspecified atom stereocenters. The lowest BCUT2D eigenvalue weighted by atomic mass is 10.1. The van der Waals surface area contributed by atoms with Gasteiger partial charge in [0.1, 0.15) is 17.1 Å². The third-order valence-corrected chi connectivity index (χ3v) is 4.97. The van der Waals surface area contributed by atoms with Crippen LogP contribution < -0.4 is 16.2 Å². The van der Waals surface area contributed by atoms with Crippen LogP contribution in [0.4, 0.5) is 4.39 Å². The first-order valence-electron chi connectivity index (χ1n) is 8.77. The molecule has 0 saturated heterocycles. The minimum Gasteiger partial charge on any atom is -0.453 e. The van der Waals surface area contributed by atoms with Crippen molar-refractivity contribution >= 4 is 35.0 Å². The summed E-state index contributed by atoms with van der Waals surface area (Å²) in [6.45, 7) is 1.35. The second-order valence-electron chi connectivity index (χ2n) is 6.61. The number of benzene rings is 2. The second-order valence-corrected chi connectivity index (χ2v) is 7.46. The normalized spacial score (nSPS) is 10.5. The number of halogens is 3. The second kappa shape index (κ2) is 8.68. The first-order chi connectivity index (χ1) is 14.6. The number of nitriles is 1. The van der Waals surface area contributed by atoms with Crippen molar-refractivity contribution < 1.29 is 18.7 Å². The average molecular weight is 461 g/mol. The number of hydrogen-bond acceptors (Lipinski definition) is 4. The molecule has 31 heavy (non-hydrogen) atoms. The molecule has 158 valence electrons. The summed E-state index contributed by atoms with van der Waals surface area (Å²) in [4.78, 5) is 23.7. The molecule has 1 aromatic heterocycles.